The van der Waals surface area contributed by atoms with Gasteiger partial charge in [0.2, 0.25) is 0 Å². The Morgan fingerprint density at radius 2 is 1.96 bits per heavy atom. The quantitative estimate of drug-likeness (QED) is 0.384. The van der Waals surface area contributed by atoms with E-state index in [1.54, 1.807) is 0 Å². The van der Waals surface area contributed by atoms with Crippen molar-refractivity contribution < 1.29 is 20.1 Å². The van der Waals surface area contributed by atoms with Crippen molar-refractivity contribution >= 4 is 5.97 Å². The third kappa shape index (κ3) is 5.07. The SMILES string of the molecule is CC(C)=C1CCC(O)(C#C[C@@H]2[C@H]3C/C(=C\CCCC(=O)O)C[C@H]3C[C@H]2O)CC1. The van der Waals surface area contributed by atoms with Crippen LogP contribution in [-0.4, -0.2) is 33.0 Å². The molecule has 3 saturated carbocycles. The van der Waals surface area contributed by atoms with Gasteiger partial charge in [-0.15, -0.1) is 0 Å². The molecular formula is C24H34O4. The molecule has 0 amide bonds. The second-order valence-electron chi connectivity index (χ2n) is 9.21. The molecule has 0 heterocycles. The van der Waals surface area contributed by atoms with E-state index in [4.69, 9.17) is 5.11 Å². The number of carboxylic acids is 1. The van der Waals surface area contributed by atoms with Crippen LogP contribution in [0, 0.1) is 29.6 Å². The fraction of sp³-hybridized carbons (Fsp3) is 0.708. The van der Waals surface area contributed by atoms with Crippen LogP contribution in [0.5, 0.6) is 0 Å². The maximum absolute atomic E-state index is 10.9. The molecule has 28 heavy (non-hydrogen) atoms. The van der Waals surface area contributed by atoms with Crippen molar-refractivity contribution in [3.63, 3.8) is 0 Å². The number of carboxylic acid groups (broad SMARTS) is 1. The lowest BCUT2D eigenvalue weighted by Gasteiger charge is -2.29. The predicted octanol–water partition coefficient (Wildman–Crippen LogP) is 4.22. The molecule has 0 aromatic rings. The van der Waals surface area contributed by atoms with Crippen LogP contribution in [0.2, 0.25) is 0 Å². The van der Waals surface area contributed by atoms with Gasteiger partial charge in [-0.1, -0.05) is 34.6 Å². The molecular weight excluding hydrogens is 352 g/mol. The minimum absolute atomic E-state index is 0.0520. The highest BCUT2D eigenvalue weighted by Gasteiger charge is 2.45. The van der Waals surface area contributed by atoms with E-state index in [0.29, 0.717) is 31.1 Å². The lowest BCUT2D eigenvalue weighted by atomic mass is 9.80. The third-order valence-electron chi connectivity index (χ3n) is 6.93. The maximum Gasteiger partial charge on any atom is 0.303 e. The first-order valence-corrected chi connectivity index (χ1v) is 10.8. The van der Waals surface area contributed by atoms with E-state index in [-0.39, 0.29) is 12.3 Å². The lowest BCUT2D eigenvalue weighted by Crippen LogP contribution is -2.31. The Balaban J connectivity index is 1.60. The summed E-state index contributed by atoms with van der Waals surface area (Å²) in [5.41, 5.74) is 3.28. The molecule has 0 spiro atoms. The molecule has 3 aliphatic rings. The van der Waals surface area contributed by atoms with Crippen molar-refractivity contribution in [2.75, 3.05) is 0 Å². The van der Waals surface area contributed by atoms with Crippen molar-refractivity contribution in [1.29, 1.82) is 0 Å². The van der Waals surface area contributed by atoms with Crippen LogP contribution in [0.1, 0.15) is 78.1 Å². The summed E-state index contributed by atoms with van der Waals surface area (Å²) in [5.74, 6) is 6.50. The standard InChI is InChI=1S/C24H34O4/c1-16(2)18-7-10-24(28,11-8-18)12-9-20-21-14-17(5-3-4-6-23(26)27)13-19(21)15-22(20)25/h5,19-22,25,28H,3-4,6-8,10-11,13-15H2,1-2H3,(H,26,27)/b17-5-/t19-,20+,21-,22+/m0/s1. The van der Waals surface area contributed by atoms with E-state index >= 15 is 0 Å². The summed E-state index contributed by atoms with van der Waals surface area (Å²) in [5, 5.41) is 30.1. The van der Waals surface area contributed by atoms with Crippen LogP contribution in [0.3, 0.4) is 0 Å². The summed E-state index contributed by atoms with van der Waals surface area (Å²) in [6, 6.07) is 0. The molecule has 3 aliphatic carbocycles. The minimum Gasteiger partial charge on any atom is -0.481 e. The summed E-state index contributed by atoms with van der Waals surface area (Å²) < 4.78 is 0. The van der Waals surface area contributed by atoms with E-state index in [0.717, 1.165) is 38.5 Å². The molecule has 4 nitrogen and oxygen atoms in total. The Kier molecular flexibility index (Phi) is 6.68. The number of fused-ring (bicyclic) bond motifs is 1. The topological polar surface area (TPSA) is 77.8 Å². The molecule has 0 aromatic heterocycles. The van der Waals surface area contributed by atoms with Gasteiger partial charge in [0.25, 0.3) is 0 Å². The van der Waals surface area contributed by atoms with Gasteiger partial charge < -0.3 is 15.3 Å². The van der Waals surface area contributed by atoms with Crippen molar-refractivity contribution in [2.45, 2.75) is 89.8 Å². The molecule has 0 saturated heterocycles. The maximum atomic E-state index is 10.9. The van der Waals surface area contributed by atoms with Gasteiger partial charge in [-0.2, -0.15) is 0 Å². The summed E-state index contributed by atoms with van der Waals surface area (Å²) in [6.45, 7) is 4.26. The predicted molar refractivity (Wildman–Crippen MR) is 109 cm³/mol. The first kappa shape index (κ1) is 21.1. The van der Waals surface area contributed by atoms with Crippen molar-refractivity contribution in [2.24, 2.45) is 17.8 Å². The van der Waals surface area contributed by atoms with E-state index in [9.17, 15) is 15.0 Å². The zero-order chi connectivity index (χ0) is 20.3. The van der Waals surface area contributed by atoms with Crippen LogP contribution in [0.15, 0.2) is 22.8 Å². The highest BCUT2D eigenvalue weighted by molar-refractivity contribution is 5.66. The molecule has 4 atom stereocenters. The fourth-order valence-corrected chi connectivity index (χ4v) is 5.20. The van der Waals surface area contributed by atoms with Crippen LogP contribution >= 0.6 is 0 Å². The van der Waals surface area contributed by atoms with E-state index < -0.39 is 17.7 Å². The molecule has 0 unspecified atom stereocenters. The number of aliphatic hydroxyl groups excluding tert-OH is 1. The Morgan fingerprint density at radius 3 is 2.61 bits per heavy atom. The lowest BCUT2D eigenvalue weighted by molar-refractivity contribution is -0.137. The van der Waals surface area contributed by atoms with Crippen LogP contribution < -0.4 is 0 Å². The largest absolute Gasteiger partial charge is 0.481 e. The Bertz CT molecular complexity index is 707. The van der Waals surface area contributed by atoms with E-state index in [1.807, 2.05) is 0 Å². The highest BCUT2D eigenvalue weighted by atomic mass is 16.4. The first-order valence-electron chi connectivity index (χ1n) is 10.8. The van der Waals surface area contributed by atoms with Crippen LogP contribution in [-0.2, 0) is 4.79 Å². The summed E-state index contributed by atoms with van der Waals surface area (Å²) >= 11 is 0. The Hall–Kier alpha value is -1.57. The average Bonchev–Trinajstić information content (AvgIpc) is 3.13. The molecule has 4 heteroatoms. The second kappa shape index (κ2) is 8.84. The number of rotatable bonds is 4. The third-order valence-corrected chi connectivity index (χ3v) is 6.93. The van der Waals surface area contributed by atoms with Gasteiger partial charge in [-0.3, -0.25) is 4.79 Å². The Morgan fingerprint density at radius 1 is 1.25 bits per heavy atom. The van der Waals surface area contributed by atoms with Gasteiger partial charge in [0.1, 0.15) is 5.60 Å². The number of aliphatic carboxylic acids is 1. The Labute approximate surface area is 168 Å². The van der Waals surface area contributed by atoms with Crippen molar-refractivity contribution in [3.8, 4) is 11.8 Å². The second-order valence-corrected chi connectivity index (χ2v) is 9.21. The first-order chi connectivity index (χ1) is 13.3. The highest BCUT2D eigenvalue weighted by Crippen LogP contribution is 2.50. The van der Waals surface area contributed by atoms with Crippen molar-refractivity contribution in [3.05, 3.63) is 22.8 Å². The average molecular weight is 387 g/mol. The number of hydrogen-bond donors (Lipinski definition) is 3. The van der Waals surface area contributed by atoms with Gasteiger partial charge in [0.15, 0.2) is 0 Å². The number of hydrogen-bond acceptors (Lipinski definition) is 3. The molecule has 0 bridgehead atoms. The van der Waals surface area contributed by atoms with Gasteiger partial charge in [0, 0.05) is 12.3 Å². The summed E-state index contributed by atoms with van der Waals surface area (Å²) in [6.07, 6.45) is 9.46. The van der Waals surface area contributed by atoms with Gasteiger partial charge in [-0.25, -0.2) is 0 Å². The normalized spacial score (nSPS) is 36.1. The zero-order valence-electron chi connectivity index (χ0n) is 17.2. The number of unbranched alkanes of at least 4 members (excludes halogenated alkanes) is 1. The molecule has 0 aromatic carbocycles. The molecule has 3 fully saturated rings. The number of allylic oxidation sites excluding steroid dienone is 4. The summed E-state index contributed by atoms with van der Waals surface area (Å²) in [4.78, 5) is 10.6. The molecule has 0 radical (unpaired) electrons. The molecule has 3 N–H and O–H groups in total. The van der Waals surface area contributed by atoms with Gasteiger partial charge in [0.05, 0.1) is 6.10 Å². The van der Waals surface area contributed by atoms with Crippen LogP contribution in [0.4, 0.5) is 0 Å². The van der Waals surface area contributed by atoms with Crippen LogP contribution in [0.25, 0.3) is 0 Å². The molecule has 3 rings (SSSR count). The van der Waals surface area contributed by atoms with Gasteiger partial charge >= 0.3 is 5.97 Å². The number of aliphatic hydroxyl groups is 2. The number of carbonyl (C=O) groups is 1. The summed E-state index contributed by atoms with van der Waals surface area (Å²) in [7, 11) is 0. The van der Waals surface area contributed by atoms with Gasteiger partial charge in [-0.05, 0) is 83.5 Å². The van der Waals surface area contributed by atoms with Crippen molar-refractivity contribution in [1.82, 2.24) is 0 Å². The zero-order valence-corrected chi connectivity index (χ0v) is 17.2. The minimum atomic E-state index is -0.912. The van der Waals surface area contributed by atoms with E-state index in [1.165, 1.54) is 16.7 Å². The molecule has 154 valence electrons. The molecule has 0 aliphatic heterocycles. The smallest absolute Gasteiger partial charge is 0.303 e. The fourth-order valence-electron chi connectivity index (χ4n) is 5.20. The van der Waals surface area contributed by atoms with E-state index in [2.05, 4.69) is 31.8 Å². The monoisotopic (exact) mass is 386 g/mol.